The van der Waals surface area contributed by atoms with Crippen LogP contribution in [0.25, 0.3) is 0 Å². The van der Waals surface area contributed by atoms with E-state index in [1.165, 1.54) is 7.05 Å². The van der Waals surface area contributed by atoms with Crippen molar-refractivity contribution >= 4 is 24.3 Å². The SMILES string of the molecule is CNC(=O)Nc1c(C#N)cc(F)c(F)c1S. The van der Waals surface area contributed by atoms with Gasteiger partial charge in [-0.3, -0.25) is 0 Å². The topological polar surface area (TPSA) is 64.9 Å². The normalized spacial score (nSPS) is 9.44. The number of benzene rings is 1. The van der Waals surface area contributed by atoms with Crippen LogP contribution >= 0.6 is 12.6 Å². The van der Waals surface area contributed by atoms with Crippen LogP contribution in [0.1, 0.15) is 5.56 Å². The summed E-state index contributed by atoms with van der Waals surface area (Å²) in [5, 5.41) is 13.1. The van der Waals surface area contributed by atoms with Crippen LogP contribution < -0.4 is 10.6 Å². The third kappa shape index (κ3) is 2.23. The van der Waals surface area contributed by atoms with Crippen molar-refractivity contribution in [3.63, 3.8) is 0 Å². The third-order valence-corrected chi connectivity index (χ3v) is 2.20. The maximum Gasteiger partial charge on any atom is 0.319 e. The number of nitrogens with one attached hydrogen (secondary N) is 2. The number of halogens is 2. The van der Waals surface area contributed by atoms with E-state index in [1.54, 1.807) is 6.07 Å². The van der Waals surface area contributed by atoms with Crippen molar-refractivity contribution < 1.29 is 13.6 Å². The molecule has 0 atom stereocenters. The van der Waals surface area contributed by atoms with Gasteiger partial charge in [-0.15, -0.1) is 12.6 Å². The molecule has 0 unspecified atom stereocenters. The van der Waals surface area contributed by atoms with Gasteiger partial charge >= 0.3 is 6.03 Å². The van der Waals surface area contributed by atoms with E-state index in [2.05, 4.69) is 23.3 Å². The van der Waals surface area contributed by atoms with Crippen LogP contribution in [0.2, 0.25) is 0 Å². The zero-order chi connectivity index (χ0) is 12.3. The number of urea groups is 1. The average molecular weight is 243 g/mol. The number of nitrogens with zero attached hydrogens (tertiary/aromatic N) is 1. The molecule has 84 valence electrons. The summed E-state index contributed by atoms with van der Waals surface area (Å²) < 4.78 is 26.1. The van der Waals surface area contributed by atoms with Gasteiger partial charge in [-0.2, -0.15) is 5.26 Å². The van der Waals surface area contributed by atoms with Gasteiger partial charge in [0.2, 0.25) is 0 Å². The first-order valence-electron chi connectivity index (χ1n) is 4.11. The number of rotatable bonds is 1. The Morgan fingerprint density at radius 1 is 1.56 bits per heavy atom. The molecular formula is C9H7F2N3OS. The average Bonchev–Trinajstić information content (AvgIpc) is 2.29. The van der Waals surface area contributed by atoms with Crippen molar-refractivity contribution in [3.05, 3.63) is 23.3 Å². The molecule has 0 fully saturated rings. The van der Waals surface area contributed by atoms with Crippen molar-refractivity contribution in [2.45, 2.75) is 4.90 Å². The summed E-state index contributed by atoms with van der Waals surface area (Å²) in [4.78, 5) is 10.6. The van der Waals surface area contributed by atoms with E-state index in [0.29, 0.717) is 6.07 Å². The van der Waals surface area contributed by atoms with Crippen LogP contribution in [0.4, 0.5) is 19.3 Å². The Labute approximate surface area is 95.7 Å². The highest BCUT2D eigenvalue weighted by Gasteiger charge is 2.17. The fraction of sp³-hybridized carbons (Fsp3) is 0.111. The molecule has 0 bridgehead atoms. The molecule has 1 rings (SSSR count). The van der Waals surface area contributed by atoms with Gasteiger partial charge < -0.3 is 10.6 Å². The van der Waals surface area contributed by atoms with Gasteiger partial charge in [0.1, 0.15) is 6.07 Å². The van der Waals surface area contributed by atoms with E-state index in [-0.39, 0.29) is 11.3 Å². The van der Waals surface area contributed by atoms with Gasteiger partial charge in [0.15, 0.2) is 11.6 Å². The van der Waals surface area contributed by atoms with Crippen LogP contribution in [-0.4, -0.2) is 13.1 Å². The van der Waals surface area contributed by atoms with Gasteiger partial charge in [-0.05, 0) is 6.07 Å². The maximum absolute atomic E-state index is 13.1. The lowest BCUT2D eigenvalue weighted by atomic mass is 10.2. The van der Waals surface area contributed by atoms with Crippen molar-refractivity contribution in [1.29, 1.82) is 5.26 Å². The van der Waals surface area contributed by atoms with Crippen molar-refractivity contribution in [2.75, 3.05) is 12.4 Å². The van der Waals surface area contributed by atoms with E-state index in [1.807, 2.05) is 0 Å². The quantitative estimate of drug-likeness (QED) is 0.659. The third-order valence-electron chi connectivity index (χ3n) is 1.78. The molecule has 2 amide bonds. The molecule has 1 aromatic carbocycles. The summed E-state index contributed by atoms with van der Waals surface area (Å²) in [6.07, 6.45) is 0. The van der Waals surface area contributed by atoms with Gasteiger partial charge in [0.25, 0.3) is 0 Å². The van der Waals surface area contributed by atoms with E-state index in [4.69, 9.17) is 5.26 Å². The van der Waals surface area contributed by atoms with Gasteiger partial charge in [0.05, 0.1) is 16.1 Å². The number of hydrogen-bond acceptors (Lipinski definition) is 3. The number of hydrogen-bond donors (Lipinski definition) is 3. The minimum absolute atomic E-state index is 0.163. The Morgan fingerprint density at radius 2 is 2.19 bits per heavy atom. The molecule has 1 aromatic rings. The van der Waals surface area contributed by atoms with Crippen molar-refractivity contribution in [3.8, 4) is 6.07 Å². The minimum atomic E-state index is -1.21. The maximum atomic E-state index is 13.1. The minimum Gasteiger partial charge on any atom is -0.341 e. The molecule has 0 radical (unpaired) electrons. The largest absolute Gasteiger partial charge is 0.341 e. The standard InChI is InChI=1S/C9H7F2N3OS/c1-13-9(15)14-7-4(3-12)2-5(10)6(11)8(7)16/h2,16H,1H3,(H2,13,14,15). The zero-order valence-corrected chi connectivity index (χ0v) is 9.03. The van der Waals surface area contributed by atoms with E-state index < -0.39 is 22.6 Å². The molecule has 0 spiro atoms. The van der Waals surface area contributed by atoms with Crippen molar-refractivity contribution in [2.24, 2.45) is 0 Å². The summed E-state index contributed by atoms with van der Waals surface area (Å²) >= 11 is 3.71. The Morgan fingerprint density at radius 3 is 2.69 bits per heavy atom. The summed E-state index contributed by atoms with van der Waals surface area (Å²) in [6, 6.07) is 1.68. The second-order valence-corrected chi connectivity index (χ2v) is 3.21. The molecule has 7 heteroatoms. The second kappa shape index (κ2) is 4.81. The number of carbonyl (C=O) groups excluding carboxylic acids is 1. The lowest BCUT2D eigenvalue weighted by molar-refractivity contribution is 0.254. The second-order valence-electron chi connectivity index (χ2n) is 2.76. The fourth-order valence-electron chi connectivity index (χ4n) is 1.00. The monoisotopic (exact) mass is 243 g/mol. The Kier molecular flexibility index (Phi) is 3.68. The van der Waals surface area contributed by atoms with Crippen molar-refractivity contribution in [1.82, 2.24) is 5.32 Å². The highest BCUT2D eigenvalue weighted by molar-refractivity contribution is 7.80. The Hall–Kier alpha value is -1.81. The highest BCUT2D eigenvalue weighted by Crippen LogP contribution is 2.29. The smallest absolute Gasteiger partial charge is 0.319 e. The molecule has 0 saturated carbocycles. The lowest BCUT2D eigenvalue weighted by Gasteiger charge is -2.10. The zero-order valence-electron chi connectivity index (χ0n) is 8.14. The number of nitriles is 1. The molecular weight excluding hydrogens is 236 g/mol. The van der Waals surface area contributed by atoms with Crippen LogP contribution in [0.15, 0.2) is 11.0 Å². The van der Waals surface area contributed by atoms with Gasteiger partial charge in [0, 0.05) is 7.05 Å². The van der Waals surface area contributed by atoms with Crippen LogP contribution in [0, 0.1) is 23.0 Å². The van der Waals surface area contributed by atoms with Crippen LogP contribution in [-0.2, 0) is 0 Å². The van der Waals surface area contributed by atoms with E-state index in [9.17, 15) is 13.6 Å². The summed E-state index contributed by atoms with van der Waals surface area (Å²) in [5.41, 5.74) is -0.364. The summed E-state index contributed by atoms with van der Waals surface area (Å²) in [7, 11) is 1.35. The van der Waals surface area contributed by atoms with Crippen LogP contribution in [0.3, 0.4) is 0 Å². The molecule has 0 aliphatic heterocycles. The molecule has 0 saturated heterocycles. The summed E-state index contributed by atoms with van der Waals surface area (Å²) in [5.74, 6) is -2.40. The Bertz CT molecular complexity index is 485. The number of amides is 2. The summed E-state index contributed by atoms with van der Waals surface area (Å²) in [6.45, 7) is 0. The van der Waals surface area contributed by atoms with Gasteiger partial charge in [-0.1, -0.05) is 0 Å². The van der Waals surface area contributed by atoms with Crippen LogP contribution in [0.5, 0.6) is 0 Å². The lowest BCUT2D eigenvalue weighted by Crippen LogP contribution is -2.25. The van der Waals surface area contributed by atoms with E-state index >= 15 is 0 Å². The predicted octanol–water partition coefficient (Wildman–Crippen LogP) is 1.88. The van der Waals surface area contributed by atoms with Gasteiger partial charge in [-0.25, -0.2) is 13.6 Å². The highest BCUT2D eigenvalue weighted by atomic mass is 32.1. The molecule has 0 aliphatic rings. The van der Waals surface area contributed by atoms with E-state index in [0.717, 1.165) is 0 Å². The fourth-order valence-corrected chi connectivity index (χ4v) is 1.29. The molecule has 0 heterocycles. The number of thiol groups is 1. The molecule has 0 aromatic heterocycles. The first-order chi connectivity index (χ1) is 7.51. The Balaban J connectivity index is 3.31. The first kappa shape index (κ1) is 12.3. The molecule has 4 nitrogen and oxygen atoms in total. The predicted molar refractivity (Wildman–Crippen MR) is 56.4 cm³/mol. The molecule has 0 aliphatic carbocycles. The number of anilines is 1. The molecule has 2 N–H and O–H groups in total. The number of carbonyl (C=O) groups is 1. The molecule has 16 heavy (non-hydrogen) atoms. The first-order valence-corrected chi connectivity index (χ1v) is 4.55.